The Balaban J connectivity index is 1.60. The zero-order valence-corrected chi connectivity index (χ0v) is 16.1. The fraction of sp³-hybridized carbons (Fsp3) is 0.450. The van der Waals surface area contributed by atoms with Crippen LogP contribution in [0.1, 0.15) is 42.5 Å². The average Bonchev–Trinajstić information content (AvgIpc) is 3.35. The molecule has 138 valence electrons. The van der Waals surface area contributed by atoms with Crippen LogP contribution < -0.4 is 5.32 Å². The highest BCUT2D eigenvalue weighted by Crippen LogP contribution is 2.48. The minimum Gasteiger partial charge on any atom is -0.333 e. The molecule has 1 aromatic carbocycles. The van der Waals surface area contributed by atoms with Crippen molar-refractivity contribution in [2.75, 3.05) is 18.4 Å². The van der Waals surface area contributed by atoms with E-state index in [2.05, 4.69) is 29.4 Å². The maximum atomic E-state index is 12.9. The number of hydrogen-bond acceptors (Lipinski definition) is 4. The van der Waals surface area contributed by atoms with Crippen LogP contribution in [0.2, 0.25) is 0 Å². The first-order chi connectivity index (χ1) is 12.6. The van der Waals surface area contributed by atoms with E-state index >= 15 is 0 Å². The van der Waals surface area contributed by atoms with Gasteiger partial charge in [-0.25, -0.2) is 4.98 Å². The van der Waals surface area contributed by atoms with Crippen LogP contribution in [0.15, 0.2) is 36.5 Å². The van der Waals surface area contributed by atoms with Crippen molar-refractivity contribution >= 4 is 28.3 Å². The van der Waals surface area contributed by atoms with Gasteiger partial charge in [-0.05, 0) is 31.2 Å². The first-order valence-electron chi connectivity index (χ1n) is 9.14. The quantitative estimate of drug-likeness (QED) is 0.767. The monoisotopic (exact) mass is 371 g/mol. The number of hydrogen-bond donors (Lipinski definition) is 1. The Morgan fingerprint density at radius 2 is 2.08 bits per heavy atom. The zero-order chi connectivity index (χ0) is 18.5. The molecule has 0 bridgehead atoms. The number of anilines is 1. The summed E-state index contributed by atoms with van der Waals surface area (Å²) in [6, 6.07) is 10.2. The molecule has 6 heteroatoms. The molecule has 5 nitrogen and oxygen atoms in total. The third-order valence-corrected chi connectivity index (χ3v) is 5.46. The molecule has 0 spiro atoms. The van der Waals surface area contributed by atoms with E-state index in [1.54, 1.807) is 11.1 Å². The van der Waals surface area contributed by atoms with Crippen molar-refractivity contribution in [2.45, 2.75) is 39.0 Å². The van der Waals surface area contributed by atoms with Gasteiger partial charge < -0.3 is 10.2 Å². The molecule has 3 rings (SSSR count). The van der Waals surface area contributed by atoms with Crippen molar-refractivity contribution in [3.63, 3.8) is 0 Å². The van der Waals surface area contributed by atoms with Crippen LogP contribution in [0.4, 0.5) is 5.13 Å². The molecule has 2 aromatic rings. The van der Waals surface area contributed by atoms with Gasteiger partial charge in [-0.3, -0.25) is 9.59 Å². The van der Waals surface area contributed by atoms with Gasteiger partial charge in [-0.1, -0.05) is 43.7 Å². The first-order valence-corrected chi connectivity index (χ1v) is 9.96. The van der Waals surface area contributed by atoms with Crippen LogP contribution in [0.25, 0.3) is 0 Å². The fourth-order valence-electron chi connectivity index (χ4n) is 3.13. The molecule has 1 aliphatic carbocycles. The molecule has 1 N–H and O–H groups in total. The molecule has 2 atom stereocenters. The van der Waals surface area contributed by atoms with E-state index in [4.69, 9.17) is 0 Å². The van der Waals surface area contributed by atoms with Crippen LogP contribution in [0.5, 0.6) is 0 Å². The van der Waals surface area contributed by atoms with E-state index in [0.29, 0.717) is 11.7 Å². The molecule has 0 saturated heterocycles. The number of carbonyl (C=O) groups excluding carboxylic acids is 2. The zero-order valence-electron chi connectivity index (χ0n) is 15.3. The van der Waals surface area contributed by atoms with Crippen molar-refractivity contribution in [3.05, 3.63) is 47.0 Å². The lowest BCUT2D eigenvalue weighted by molar-refractivity contribution is -0.136. The molecule has 1 fully saturated rings. The van der Waals surface area contributed by atoms with Crippen LogP contribution in [0.3, 0.4) is 0 Å². The summed E-state index contributed by atoms with van der Waals surface area (Å²) in [5.41, 5.74) is 1.21. The predicted molar refractivity (Wildman–Crippen MR) is 104 cm³/mol. The highest BCUT2D eigenvalue weighted by Gasteiger charge is 2.45. The van der Waals surface area contributed by atoms with Crippen LogP contribution in [0, 0.1) is 12.8 Å². The highest BCUT2D eigenvalue weighted by atomic mass is 32.1. The molecular formula is C20H25N3O2S. The van der Waals surface area contributed by atoms with Crippen LogP contribution >= 0.6 is 11.3 Å². The number of aromatic nitrogens is 1. The highest BCUT2D eigenvalue weighted by molar-refractivity contribution is 7.15. The molecule has 2 unspecified atom stereocenters. The Hall–Kier alpha value is -2.21. The predicted octanol–water partition coefficient (Wildman–Crippen LogP) is 3.82. The van der Waals surface area contributed by atoms with Crippen molar-refractivity contribution in [3.8, 4) is 0 Å². The molecule has 1 aromatic heterocycles. The second-order valence-corrected chi connectivity index (χ2v) is 8.03. The Morgan fingerprint density at radius 1 is 1.31 bits per heavy atom. The van der Waals surface area contributed by atoms with Gasteiger partial charge in [0, 0.05) is 23.5 Å². The summed E-state index contributed by atoms with van der Waals surface area (Å²) in [6.45, 7) is 4.75. The smallest absolute Gasteiger partial charge is 0.245 e. The van der Waals surface area contributed by atoms with Gasteiger partial charge in [0.05, 0.1) is 6.54 Å². The van der Waals surface area contributed by atoms with Crippen molar-refractivity contribution in [2.24, 2.45) is 5.92 Å². The molecule has 1 saturated carbocycles. The maximum absolute atomic E-state index is 12.9. The number of nitrogens with zero attached hydrogens (tertiary/aromatic N) is 2. The van der Waals surface area contributed by atoms with Gasteiger partial charge in [0.2, 0.25) is 11.8 Å². The third kappa shape index (κ3) is 4.69. The van der Waals surface area contributed by atoms with Crippen molar-refractivity contribution < 1.29 is 9.59 Å². The summed E-state index contributed by atoms with van der Waals surface area (Å²) in [7, 11) is 0. The van der Waals surface area contributed by atoms with Gasteiger partial charge >= 0.3 is 0 Å². The molecule has 0 radical (unpaired) electrons. The minimum atomic E-state index is -0.180. The summed E-state index contributed by atoms with van der Waals surface area (Å²) in [6.07, 6.45) is 4.50. The van der Waals surface area contributed by atoms with E-state index < -0.39 is 0 Å². The summed E-state index contributed by atoms with van der Waals surface area (Å²) >= 11 is 1.44. The number of thiazole rings is 1. The van der Waals surface area contributed by atoms with Gasteiger partial charge in [0.25, 0.3) is 0 Å². The number of benzene rings is 1. The van der Waals surface area contributed by atoms with E-state index in [1.807, 2.05) is 25.1 Å². The minimum absolute atomic E-state index is 0.00385. The standard InChI is InChI=1S/C20H25N3O2S/c1-3-4-10-23(13-18(24)22-20-21-12-14(2)26-20)19(25)17-11-16(17)15-8-6-5-7-9-15/h5-9,12,16-17H,3-4,10-11,13H2,1-2H3,(H,21,22,24). The Labute approximate surface area is 158 Å². The lowest BCUT2D eigenvalue weighted by atomic mass is 10.1. The Kier molecular flexibility index (Phi) is 6.04. The molecule has 1 aliphatic rings. The van der Waals surface area contributed by atoms with Crippen LogP contribution in [-0.4, -0.2) is 34.8 Å². The normalized spacial score (nSPS) is 18.4. The fourth-order valence-corrected chi connectivity index (χ4v) is 3.81. The molecule has 26 heavy (non-hydrogen) atoms. The largest absolute Gasteiger partial charge is 0.333 e. The van der Waals surface area contributed by atoms with Gasteiger partial charge in [-0.2, -0.15) is 0 Å². The SMILES string of the molecule is CCCCN(CC(=O)Nc1ncc(C)s1)C(=O)C1CC1c1ccccc1. The second kappa shape index (κ2) is 8.45. The Morgan fingerprint density at radius 3 is 2.73 bits per heavy atom. The van der Waals surface area contributed by atoms with Gasteiger partial charge in [0.1, 0.15) is 0 Å². The number of amides is 2. The van der Waals surface area contributed by atoms with Gasteiger partial charge in [0.15, 0.2) is 5.13 Å². The molecule has 2 amide bonds. The summed E-state index contributed by atoms with van der Waals surface area (Å²) < 4.78 is 0. The topological polar surface area (TPSA) is 62.3 Å². The van der Waals surface area contributed by atoms with Crippen molar-refractivity contribution in [1.29, 1.82) is 0 Å². The molecule has 1 heterocycles. The van der Waals surface area contributed by atoms with Gasteiger partial charge in [-0.15, -0.1) is 11.3 Å². The number of nitrogens with one attached hydrogen (secondary N) is 1. The van der Waals surface area contributed by atoms with E-state index in [1.165, 1.54) is 16.9 Å². The second-order valence-electron chi connectivity index (χ2n) is 6.80. The van der Waals surface area contributed by atoms with Crippen LogP contribution in [-0.2, 0) is 9.59 Å². The van der Waals surface area contributed by atoms with E-state index in [-0.39, 0.29) is 30.2 Å². The number of carbonyl (C=O) groups is 2. The summed E-state index contributed by atoms with van der Waals surface area (Å²) in [5.74, 6) is 0.208. The summed E-state index contributed by atoms with van der Waals surface area (Å²) in [4.78, 5) is 32.2. The summed E-state index contributed by atoms with van der Waals surface area (Å²) in [5, 5.41) is 3.39. The lowest BCUT2D eigenvalue weighted by Gasteiger charge is -2.22. The van der Waals surface area contributed by atoms with E-state index in [0.717, 1.165) is 24.1 Å². The van der Waals surface area contributed by atoms with E-state index in [9.17, 15) is 9.59 Å². The average molecular weight is 372 g/mol. The number of unbranched alkanes of at least 4 members (excludes halogenated alkanes) is 1. The lowest BCUT2D eigenvalue weighted by Crippen LogP contribution is -2.39. The maximum Gasteiger partial charge on any atom is 0.245 e. The molecular weight excluding hydrogens is 346 g/mol. The van der Waals surface area contributed by atoms with Crippen molar-refractivity contribution in [1.82, 2.24) is 9.88 Å². The number of aryl methyl sites for hydroxylation is 1. The third-order valence-electron chi connectivity index (χ3n) is 4.63. The Bertz CT molecular complexity index is 759. The first kappa shape index (κ1) is 18.6. The molecule has 0 aliphatic heterocycles. The number of rotatable bonds is 8.